The molecule has 13 heavy (non-hydrogen) atoms. The molecule has 0 aromatic carbocycles. The fourth-order valence-electron chi connectivity index (χ4n) is 0.422. The third-order valence-electron chi connectivity index (χ3n) is 0.940. The largest absolute Gasteiger partial charge is 0.432 e. The molecule has 0 amide bonds. The Hall–Kier alpha value is 0.480. The van der Waals surface area contributed by atoms with Crippen LogP contribution in [0.4, 0.5) is 4.39 Å². The summed E-state index contributed by atoms with van der Waals surface area (Å²) >= 11 is 2.81. The second-order valence-corrected chi connectivity index (χ2v) is 4.37. The third-order valence-corrected chi connectivity index (χ3v) is 2.88. The predicted octanol–water partition coefficient (Wildman–Crippen LogP) is 1.99. The molecule has 1 N–H and O–H groups in total. The smallest absolute Gasteiger partial charge is 0.296 e. The van der Waals surface area contributed by atoms with E-state index in [2.05, 4.69) is 35.1 Å². The molecule has 8 heteroatoms. The topological polar surface area (TPSA) is 56.8 Å². The van der Waals surface area contributed by atoms with Gasteiger partial charge in [0.2, 0.25) is 6.36 Å². The normalized spacial score (nSPS) is 18.2. The summed E-state index contributed by atoms with van der Waals surface area (Å²) in [6.07, 6.45) is -1.68. The van der Waals surface area contributed by atoms with Gasteiger partial charge in [0.05, 0.1) is 11.9 Å². The summed E-state index contributed by atoms with van der Waals surface area (Å²) in [6, 6.07) is 0. The van der Waals surface area contributed by atoms with Crippen LogP contribution in [0.15, 0.2) is 0 Å². The highest BCUT2D eigenvalue weighted by Gasteiger charge is 2.24. The number of nitrogens with one attached hydrogen (secondary N) is 1. The van der Waals surface area contributed by atoms with Crippen LogP contribution < -0.4 is 5.09 Å². The Morgan fingerprint density at radius 1 is 1.69 bits per heavy atom. The number of hydrogen-bond donors (Lipinski definition) is 1. The van der Waals surface area contributed by atoms with Gasteiger partial charge in [0, 0.05) is 0 Å². The van der Waals surface area contributed by atoms with Crippen LogP contribution in [0.3, 0.4) is 0 Å². The maximum absolute atomic E-state index is 12.4. The van der Waals surface area contributed by atoms with Gasteiger partial charge < -0.3 is 0 Å². The van der Waals surface area contributed by atoms with E-state index in [0.29, 0.717) is 0 Å². The van der Waals surface area contributed by atoms with E-state index in [0.717, 1.165) is 0 Å². The van der Waals surface area contributed by atoms with E-state index in [-0.39, 0.29) is 11.9 Å². The minimum Gasteiger partial charge on any atom is -0.296 e. The monoisotopic (exact) mass is 279 g/mol. The van der Waals surface area contributed by atoms with Gasteiger partial charge >= 0.3 is 7.75 Å². The minimum atomic E-state index is -3.50. The van der Waals surface area contributed by atoms with Gasteiger partial charge in [-0.25, -0.2) is 14.0 Å². The summed E-state index contributed by atoms with van der Waals surface area (Å²) in [5.74, 6) is 0. The van der Waals surface area contributed by atoms with Gasteiger partial charge in [0.25, 0.3) is 0 Å². The molecule has 0 saturated heterocycles. The number of hydrogen-bond acceptors (Lipinski definition) is 4. The summed E-state index contributed by atoms with van der Waals surface area (Å²) in [5, 5.41) is 2.20. The van der Waals surface area contributed by atoms with Gasteiger partial charge in [0.15, 0.2) is 0 Å². The van der Waals surface area contributed by atoms with Gasteiger partial charge in [-0.15, -0.1) is 4.67 Å². The maximum atomic E-state index is 12.4. The molecule has 0 aromatic heterocycles. The zero-order valence-electron chi connectivity index (χ0n) is 7.33. The molecule has 0 aromatic rings. The molecule has 0 heterocycles. The molecule has 0 aliphatic carbocycles. The SMILES string of the molecule is CCOP(=O)(NC)OOC(F)CBr. The molecule has 0 fully saturated rings. The lowest BCUT2D eigenvalue weighted by atomic mass is 10.8. The first-order valence-corrected chi connectivity index (χ1v) is 6.23. The van der Waals surface area contributed by atoms with Crippen molar-refractivity contribution < 1.29 is 23.0 Å². The van der Waals surface area contributed by atoms with Crippen LogP contribution in [0.2, 0.25) is 0 Å². The molecule has 5 nitrogen and oxygen atoms in total. The molecule has 0 spiro atoms. The quantitative estimate of drug-likeness (QED) is 0.334. The first-order chi connectivity index (χ1) is 6.08. The molecule has 0 aliphatic rings. The van der Waals surface area contributed by atoms with Crippen molar-refractivity contribution in [2.24, 2.45) is 0 Å². The van der Waals surface area contributed by atoms with Gasteiger partial charge in [0.1, 0.15) is 0 Å². The second-order valence-electron chi connectivity index (χ2n) is 1.87. The summed E-state index contributed by atoms with van der Waals surface area (Å²) < 4.78 is 32.8. The highest BCUT2D eigenvalue weighted by atomic mass is 79.9. The van der Waals surface area contributed by atoms with Crippen molar-refractivity contribution in [1.29, 1.82) is 0 Å². The molecule has 0 saturated carbocycles. The van der Waals surface area contributed by atoms with Crippen LogP contribution in [0.1, 0.15) is 6.92 Å². The van der Waals surface area contributed by atoms with E-state index < -0.39 is 14.1 Å². The standard InChI is InChI=1S/C5H12BrFNO4P/c1-3-10-13(9,8-2)12-11-5(7)4-6/h5H,3-4H2,1-2H3,(H,8,9). The highest BCUT2D eigenvalue weighted by Crippen LogP contribution is 2.43. The van der Waals surface area contributed by atoms with Crippen LogP contribution in [0, 0.1) is 0 Å². The van der Waals surface area contributed by atoms with Crippen LogP contribution in [0.25, 0.3) is 0 Å². The van der Waals surface area contributed by atoms with Gasteiger partial charge in [-0.1, -0.05) is 15.9 Å². The van der Waals surface area contributed by atoms with E-state index in [1.165, 1.54) is 7.05 Å². The molecule has 0 bridgehead atoms. The molecule has 80 valence electrons. The predicted molar refractivity (Wildman–Crippen MR) is 49.2 cm³/mol. The Balaban J connectivity index is 3.90. The van der Waals surface area contributed by atoms with Gasteiger partial charge in [-0.3, -0.25) is 4.52 Å². The molecule has 2 unspecified atom stereocenters. The van der Waals surface area contributed by atoms with Gasteiger partial charge in [-0.2, -0.15) is 4.89 Å². The van der Waals surface area contributed by atoms with E-state index in [9.17, 15) is 8.96 Å². The zero-order valence-corrected chi connectivity index (χ0v) is 9.81. The lowest BCUT2D eigenvalue weighted by molar-refractivity contribution is -0.280. The van der Waals surface area contributed by atoms with Crippen LogP contribution in [0.5, 0.6) is 0 Å². The fraction of sp³-hybridized carbons (Fsp3) is 1.00. The van der Waals surface area contributed by atoms with Gasteiger partial charge in [-0.05, 0) is 14.0 Å². The summed E-state index contributed by atoms with van der Waals surface area (Å²) in [4.78, 5) is 4.14. The van der Waals surface area contributed by atoms with Crippen molar-refractivity contribution in [3.63, 3.8) is 0 Å². The van der Waals surface area contributed by atoms with E-state index in [1.54, 1.807) is 6.92 Å². The Kier molecular flexibility index (Phi) is 7.12. The molecule has 0 radical (unpaired) electrons. The number of rotatable bonds is 7. The minimum absolute atomic E-state index is 0.0666. The molecular weight excluding hydrogens is 268 g/mol. The second kappa shape index (κ2) is 6.86. The number of halogens is 2. The molecular formula is C5H12BrFNO4P. The number of alkyl halides is 2. The summed E-state index contributed by atoms with van der Waals surface area (Å²) in [7, 11) is -2.14. The van der Waals surface area contributed by atoms with Crippen molar-refractivity contribution in [3.8, 4) is 0 Å². The lowest BCUT2D eigenvalue weighted by Gasteiger charge is -2.15. The van der Waals surface area contributed by atoms with E-state index >= 15 is 0 Å². The van der Waals surface area contributed by atoms with E-state index in [4.69, 9.17) is 0 Å². The van der Waals surface area contributed by atoms with Crippen molar-refractivity contribution in [1.82, 2.24) is 5.09 Å². The first kappa shape index (κ1) is 13.5. The first-order valence-electron chi connectivity index (χ1n) is 3.56. The Bertz CT molecular complexity index is 184. The molecule has 0 rings (SSSR count). The Morgan fingerprint density at radius 3 is 2.69 bits per heavy atom. The average molecular weight is 280 g/mol. The molecule has 0 aliphatic heterocycles. The lowest BCUT2D eigenvalue weighted by Crippen LogP contribution is -2.14. The van der Waals surface area contributed by atoms with Crippen molar-refractivity contribution in [2.75, 3.05) is 19.0 Å². The van der Waals surface area contributed by atoms with Crippen LogP contribution in [-0.4, -0.2) is 25.3 Å². The van der Waals surface area contributed by atoms with Crippen LogP contribution in [-0.2, 0) is 18.7 Å². The van der Waals surface area contributed by atoms with Crippen molar-refractivity contribution >= 4 is 23.7 Å². The van der Waals surface area contributed by atoms with Crippen LogP contribution >= 0.6 is 23.7 Å². The third kappa shape index (κ3) is 5.72. The van der Waals surface area contributed by atoms with Crippen molar-refractivity contribution in [3.05, 3.63) is 0 Å². The summed E-state index contributed by atoms with van der Waals surface area (Å²) in [6.45, 7) is 1.80. The Labute approximate surface area is 84.6 Å². The van der Waals surface area contributed by atoms with E-state index in [1.807, 2.05) is 0 Å². The Morgan fingerprint density at radius 2 is 2.31 bits per heavy atom. The maximum Gasteiger partial charge on any atom is 0.432 e. The fourth-order valence-corrected chi connectivity index (χ4v) is 1.32. The molecule has 2 atom stereocenters. The summed E-state index contributed by atoms with van der Waals surface area (Å²) in [5.41, 5.74) is 0. The van der Waals surface area contributed by atoms with Crippen molar-refractivity contribution in [2.45, 2.75) is 13.3 Å². The highest BCUT2D eigenvalue weighted by molar-refractivity contribution is 9.09. The average Bonchev–Trinajstić information content (AvgIpc) is 2.15. The zero-order chi connectivity index (χ0) is 10.3.